The summed E-state index contributed by atoms with van der Waals surface area (Å²) in [5, 5.41) is 4.31. The van der Waals surface area contributed by atoms with Crippen LogP contribution in [0.1, 0.15) is 12.8 Å². The van der Waals surface area contributed by atoms with Crippen molar-refractivity contribution in [3.63, 3.8) is 0 Å². The Bertz CT molecular complexity index is 572. The standard InChI is InChI=1S/C16H19N3O/c1-2-4-13(5-3-1)15-12-16(17-20-15)19-11-10-18-8-6-14(19)7-9-18/h1-5,12,14H,6-11H2. The molecular weight excluding hydrogens is 250 g/mol. The van der Waals surface area contributed by atoms with E-state index < -0.39 is 0 Å². The summed E-state index contributed by atoms with van der Waals surface area (Å²) in [6, 6.07) is 12.9. The molecule has 0 radical (unpaired) electrons. The van der Waals surface area contributed by atoms with E-state index in [9.17, 15) is 0 Å². The zero-order valence-electron chi connectivity index (χ0n) is 11.5. The lowest BCUT2D eigenvalue weighted by Gasteiger charge is -2.30. The van der Waals surface area contributed by atoms with Gasteiger partial charge in [-0.1, -0.05) is 35.5 Å². The SMILES string of the molecule is c1ccc(-c2cc(N3CCN4CCC3CC4)no2)cc1. The third-order valence-electron chi connectivity index (χ3n) is 4.51. The van der Waals surface area contributed by atoms with E-state index in [0.717, 1.165) is 30.2 Å². The molecule has 5 rings (SSSR count). The van der Waals surface area contributed by atoms with Crippen molar-refractivity contribution in [1.82, 2.24) is 10.1 Å². The summed E-state index contributed by atoms with van der Waals surface area (Å²) in [5.41, 5.74) is 1.09. The van der Waals surface area contributed by atoms with Gasteiger partial charge >= 0.3 is 0 Å². The molecule has 2 bridgehead atoms. The van der Waals surface area contributed by atoms with Crippen LogP contribution in [0.25, 0.3) is 11.3 Å². The normalized spacial score (nSPS) is 25.7. The summed E-state index contributed by atoms with van der Waals surface area (Å²) in [4.78, 5) is 4.98. The van der Waals surface area contributed by atoms with Gasteiger partial charge in [0.2, 0.25) is 0 Å². The first-order valence-corrected chi connectivity index (χ1v) is 7.41. The molecule has 4 heteroatoms. The van der Waals surface area contributed by atoms with Crippen LogP contribution >= 0.6 is 0 Å². The summed E-state index contributed by atoms with van der Waals surface area (Å²) in [6.45, 7) is 4.66. The summed E-state index contributed by atoms with van der Waals surface area (Å²) in [7, 11) is 0. The fraction of sp³-hybridized carbons (Fsp3) is 0.438. The van der Waals surface area contributed by atoms with Gasteiger partial charge in [0.15, 0.2) is 11.6 Å². The molecule has 104 valence electrons. The number of aromatic nitrogens is 1. The quantitative estimate of drug-likeness (QED) is 0.839. The van der Waals surface area contributed by atoms with Crippen LogP contribution in [0.4, 0.5) is 5.82 Å². The van der Waals surface area contributed by atoms with Crippen LogP contribution in [0.15, 0.2) is 40.9 Å². The van der Waals surface area contributed by atoms with E-state index in [1.807, 2.05) is 18.2 Å². The van der Waals surface area contributed by atoms with E-state index >= 15 is 0 Å². The lowest BCUT2D eigenvalue weighted by molar-refractivity contribution is 0.250. The van der Waals surface area contributed by atoms with Gasteiger partial charge in [-0.15, -0.1) is 0 Å². The molecule has 0 N–H and O–H groups in total. The van der Waals surface area contributed by atoms with Crippen LogP contribution in [0.2, 0.25) is 0 Å². The second-order valence-electron chi connectivity index (χ2n) is 5.68. The Labute approximate surface area is 119 Å². The third kappa shape index (κ3) is 2.10. The average molecular weight is 269 g/mol. The lowest BCUT2D eigenvalue weighted by atomic mass is 10.1. The van der Waals surface area contributed by atoms with Gasteiger partial charge in [-0.05, 0) is 12.8 Å². The van der Waals surface area contributed by atoms with E-state index in [1.54, 1.807) is 0 Å². The number of anilines is 1. The Balaban J connectivity index is 1.61. The minimum absolute atomic E-state index is 0.627. The van der Waals surface area contributed by atoms with Crippen LogP contribution < -0.4 is 4.90 Å². The van der Waals surface area contributed by atoms with Crippen molar-refractivity contribution in [2.75, 3.05) is 31.1 Å². The molecule has 4 nitrogen and oxygen atoms in total. The molecule has 2 aromatic rings. The van der Waals surface area contributed by atoms with Gasteiger partial charge in [0.05, 0.1) is 0 Å². The molecule has 0 atom stereocenters. The Morgan fingerprint density at radius 1 is 1.00 bits per heavy atom. The van der Waals surface area contributed by atoms with E-state index in [-0.39, 0.29) is 0 Å². The van der Waals surface area contributed by atoms with Crippen molar-refractivity contribution in [3.8, 4) is 11.3 Å². The summed E-state index contributed by atoms with van der Waals surface area (Å²) < 4.78 is 5.55. The minimum Gasteiger partial charge on any atom is -0.354 e. The monoisotopic (exact) mass is 269 g/mol. The largest absolute Gasteiger partial charge is 0.354 e. The van der Waals surface area contributed by atoms with Crippen LogP contribution in [0.5, 0.6) is 0 Å². The zero-order valence-corrected chi connectivity index (χ0v) is 11.5. The van der Waals surface area contributed by atoms with Crippen molar-refractivity contribution in [2.45, 2.75) is 18.9 Å². The topological polar surface area (TPSA) is 32.5 Å². The molecule has 3 aliphatic heterocycles. The van der Waals surface area contributed by atoms with Gasteiger partial charge < -0.3 is 14.3 Å². The van der Waals surface area contributed by atoms with Crippen LogP contribution in [-0.2, 0) is 0 Å². The predicted octanol–water partition coefficient (Wildman–Crippen LogP) is 2.63. The molecule has 0 aliphatic carbocycles. The van der Waals surface area contributed by atoms with Crippen molar-refractivity contribution >= 4 is 5.82 Å². The second-order valence-corrected chi connectivity index (χ2v) is 5.68. The van der Waals surface area contributed by atoms with Crippen molar-refractivity contribution in [2.24, 2.45) is 0 Å². The molecule has 0 saturated carbocycles. The molecule has 1 aromatic carbocycles. The highest BCUT2D eigenvalue weighted by molar-refractivity contribution is 5.61. The van der Waals surface area contributed by atoms with Gasteiger partial charge in [0, 0.05) is 43.9 Å². The Morgan fingerprint density at radius 3 is 2.60 bits per heavy atom. The lowest BCUT2D eigenvalue weighted by Crippen LogP contribution is -2.38. The molecule has 20 heavy (non-hydrogen) atoms. The summed E-state index contributed by atoms with van der Waals surface area (Å²) in [5.74, 6) is 1.86. The van der Waals surface area contributed by atoms with Gasteiger partial charge in [0.25, 0.3) is 0 Å². The van der Waals surface area contributed by atoms with Crippen molar-refractivity contribution in [1.29, 1.82) is 0 Å². The minimum atomic E-state index is 0.627. The molecule has 3 fully saturated rings. The smallest absolute Gasteiger partial charge is 0.172 e. The van der Waals surface area contributed by atoms with Crippen molar-refractivity contribution < 1.29 is 4.52 Å². The molecule has 0 amide bonds. The number of hydrogen-bond acceptors (Lipinski definition) is 4. The predicted molar refractivity (Wildman–Crippen MR) is 78.7 cm³/mol. The highest BCUT2D eigenvalue weighted by atomic mass is 16.5. The van der Waals surface area contributed by atoms with E-state index in [4.69, 9.17) is 4.52 Å². The fourth-order valence-corrected chi connectivity index (χ4v) is 3.33. The first kappa shape index (κ1) is 12.0. The van der Waals surface area contributed by atoms with Gasteiger partial charge in [-0.3, -0.25) is 0 Å². The van der Waals surface area contributed by atoms with Gasteiger partial charge in [-0.25, -0.2) is 0 Å². The van der Waals surface area contributed by atoms with Crippen LogP contribution in [-0.4, -0.2) is 42.3 Å². The maximum Gasteiger partial charge on any atom is 0.172 e. The first-order valence-electron chi connectivity index (χ1n) is 7.41. The van der Waals surface area contributed by atoms with Crippen molar-refractivity contribution in [3.05, 3.63) is 36.4 Å². The number of benzene rings is 1. The third-order valence-corrected chi connectivity index (χ3v) is 4.51. The van der Waals surface area contributed by atoms with Crippen LogP contribution in [0.3, 0.4) is 0 Å². The van der Waals surface area contributed by atoms with E-state index in [1.165, 1.54) is 25.9 Å². The second kappa shape index (κ2) is 4.94. The van der Waals surface area contributed by atoms with E-state index in [0.29, 0.717) is 6.04 Å². The highest BCUT2D eigenvalue weighted by Gasteiger charge is 2.30. The molecule has 0 unspecified atom stereocenters. The summed E-state index contributed by atoms with van der Waals surface area (Å²) in [6.07, 6.45) is 2.49. The average Bonchev–Trinajstić information content (AvgIpc) is 2.81. The molecule has 0 spiro atoms. The zero-order chi connectivity index (χ0) is 13.4. The first-order chi connectivity index (χ1) is 9.90. The Kier molecular flexibility index (Phi) is 2.96. The number of piperidine rings is 1. The number of nitrogens with zero attached hydrogens (tertiary/aromatic N) is 3. The van der Waals surface area contributed by atoms with Gasteiger partial charge in [-0.2, -0.15) is 0 Å². The number of rotatable bonds is 2. The Hall–Kier alpha value is -1.81. The number of hydrogen-bond donors (Lipinski definition) is 0. The van der Waals surface area contributed by atoms with E-state index in [2.05, 4.69) is 33.2 Å². The molecular formula is C16H19N3O. The molecule has 1 aromatic heterocycles. The molecule has 4 heterocycles. The number of fused-ring (bicyclic) bond motifs is 4. The van der Waals surface area contributed by atoms with Crippen LogP contribution in [0, 0.1) is 0 Å². The fourth-order valence-electron chi connectivity index (χ4n) is 3.33. The highest BCUT2D eigenvalue weighted by Crippen LogP contribution is 2.29. The molecule has 3 saturated heterocycles. The Morgan fingerprint density at radius 2 is 1.80 bits per heavy atom. The molecule has 3 aliphatic rings. The maximum absolute atomic E-state index is 5.55. The maximum atomic E-state index is 5.55. The summed E-state index contributed by atoms with van der Waals surface area (Å²) >= 11 is 0. The van der Waals surface area contributed by atoms with Gasteiger partial charge in [0.1, 0.15) is 0 Å².